The fraction of sp³-hybridized carbons (Fsp3) is 0.462. The fourth-order valence-corrected chi connectivity index (χ4v) is 2.68. The third kappa shape index (κ3) is 1.44. The van der Waals surface area contributed by atoms with Crippen LogP contribution >= 0.6 is 0 Å². The molecule has 78 valence electrons. The van der Waals surface area contributed by atoms with Gasteiger partial charge in [-0.3, -0.25) is 4.79 Å². The quantitative estimate of drug-likeness (QED) is 0.604. The summed E-state index contributed by atoms with van der Waals surface area (Å²) < 4.78 is 0. The van der Waals surface area contributed by atoms with Gasteiger partial charge in [-0.2, -0.15) is 0 Å². The smallest absolute Gasteiger partial charge is 0.181 e. The van der Waals surface area contributed by atoms with Gasteiger partial charge in [0, 0.05) is 24.9 Å². The van der Waals surface area contributed by atoms with Crippen LogP contribution in [0.2, 0.25) is 0 Å². The number of Topliss-reactive ketones (excluding diaryl/α,β-unsaturated/α-hetero) is 1. The van der Waals surface area contributed by atoms with Crippen LogP contribution in [-0.2, 0) is 4.79 Å². The number of hydrogen-bond acceptors (Lipinski definition) is 2. The molecule has 0 atom stereocenters. The first-order valence-electron chi connectivity index (χ1n) is 5.70. The van der Waals surface area contributed by atoms with Crippen molar-refractivity contribution in [1.82, 2.24) is 4.90 Å². The van der Waals surface area contributed by atoms with Gasteiger partial charge in [0.1, 0.15) is 0 Å². The van der Waals surface area contributed by atoms with E-state index in [1.54, 1.807) is 0 Å². The maximum Gasteiger partial charge on any atom is 0.181 e. The first kappa shape index (κ1) is 8.96. The first-order valence-corrected chi connectivity index (χ1v) is 5.70. The van der Waals surface area contributed by atoms with Gasteiger partial charge in [0.05, 0.1) is 5.70 Å². The Labute approximate surface area is 90.0 Å². The summed E-state index contributed by atoms with van der Waals surface area (Å²) in [6.45, 7) is 2.14. The van der Waals surface area contributed by atoms with Gasteiger partial charge >= 0.3 is 0 Å². The van der Waals surface area contributed by atoms with Gasteiger partial charge in [-0.15, -0.1) is 0 Å². The molecule has 0 aromatic heterocycles. The Morgan fingerprint density at radius 2 is 1.87 bits per heavy atom. The monoisotopic (exact) mass is 201 g/mol. The summed E-state index contributed by atoms with van der Waals surface area (Å²) in [6, 6.07) is 0. The van der Waals surface area contributed by atoms with Gasteiger partial charge in [0.2, 0.25) is 0 Å². The second-order valence-corrected chi connectivity index (χ2v) is 4.52. The van der Waals surface area contributed by atoms with Gasteiger partial charge in [0.15, 0.2) is 5.78 Å². The van der Waals surface area contributed by atoms with Crippen LogP contribution in [0.25, 0.3) is 0 Å². The van der Waals surface area contributed by atoms with Crippen LogP contribution in [0.4, 0.5) is 0 Å². The van der Waals surface area contributed by atoms with Crippen molar-refractivity contribution >= 4 is 5.78 Å². The number of carbonyl (C=O) groups excluding carboxylic acids is 1. The van der Waals surface area contributed by atoms with E-state index in [-0.39, 0.29) is 0 Å². The maximum absolute atomic E-state index is 12.0. The number of piperidine rings is 3. The lowest BCUT2D eigenvalue weighted by Crippen LogP contribution is -2.46. The molecule has 1 aliphatic carbocycles. The topological polar surface area (TPSA) is 20.3 Å². The summed E-state index contributed by atoms with van der Waals surface area (Å²) in [5, 5.41) is 0. The second kappa shape index (κ2) is 3.37. The van der Waals surface area contributed by atoms with E-state index in [2.05, 4.69) is 23.1 Å². The van der Waals surface area contributed by atoms with Gasteiger partial charge in [-0.05, 0) is 18.9 Å². The fourth-order valence-electron chi connectivity index (χ4n) is 2.68. The molecular formula is C13H15NO. The van der Waals surface area contributed by atoms with Gasteiger partial charge in [-0.1, -0.05) is 24.3 Å². The van der Waals surface area contributed by atoms with Crippen LogP contribution < -0.4 is 0 Å². The molecule has 2 heteroatoms. The van der Waals surface area contributed by atoms with Crippen LogP contribution in [0, 0.1) is 11.8 Å². The molecule has 2 bridgehead atoms. The minimum atomic E-state index is 0.315. The number of hydrogen-bond donors (Lipinski definition) is 0. The van der Waals surface area contributed by atoms with Crippen molar-refractivity contribution in [3.63, 3.8) is 0 Å². The minimum absolute atomic E-state index is 0.315. The van der Waals surface area contributed by atoms with Crippen LogP contribution in [0.1, 0.15) is 12.8 Å². The van der Waals surface area contributed by atoms with Crippen molar-refractivity contribution in [1.29, 1.82) is 0 Å². The standard InChI is InChI=1S/C13H15NO/c15-13-11-5-7-14(8-6-11)12(13)9-10-3-1-2-4-10/h1-4,9-11H,5-8H2. The Bertz CT molecular complexity index is 358. The summed E-state index contributed by atoms with van der Waals surface area (Å²) in [5.41, 5.74) is 0.971. The molecule has 3 aliphatic heterocycles. The number of allylic oxidation sites excluding steroid dienone is 6. The van der Waals surface area contributed by atoms with Crippen LogP contribution in [0.3, 0.4) is 0 Å². The van der Waals surface area contributed by atoms with Crippen LogP contribution in [-0.4, -0.2) is 23.8 Å². The Balaban J connectivity index is 1.88. The van der Waals surface area contributed by atoms with E-state index in [9.17, 15) is 4.79 Å². The molecule has 3 fully saturated rings. The average Bonchev–Trinajstić information content (AvgIpc) is 2.77. The molecule has 4 aliphatic rings. The highest BCUT2D eigenvalue weighted by atomic mass is 16.1. The van der Waals surface area contributed by atoms with E-state index in [0.717, 1.165) is 31.6 Å². The van der Waals surface area contributed by atoms with Crippen LogP contribution in [0.5, 0.6) is 0 Å². The normalized spacial score (nSPS) is 28.7. The van der Waals surface area contributed by atoms with Crippen molar-refractivity contribution in [2.45, 2.75) is 12.8 Å². The molecule has 0 amide bonds. The molecule has 4 rings (SSSR count). The molecule has 0 spiro atoms. The van der Waals surface area contributed by atoms with Gasteiger partial charge in [0.25, 0.3) is 0 Å². The SMILES string of the molecule is O=C1C(=CC2C=CC=C2)N2CCC1CC2. The molecule has 0 aromatic rings. The highest BCUT2D eigenvalue weighted by Gasteiger charge is 2.36. The molecule has 0 saturated carbocycles. The number of ketones is 1. The lowest BCUT2D eigenvalue weighted by Gasteiger charge is -2.41. The third-order valence-electron chi connectivity index (χ3n) is 3.59. The molecule has 0 unspecified atom stereocenters. The van der Waals surface area contributed by atoms with Gasteiger partial charge in [-0.25, -0.2) is 0 Å². The minimum Gasteiger partial charge on any atom is -0.369 e. The lowest BCUT2D eigenvalue weighted by molar-refractivity contribution is -0.125. The maximum atomic E-state index is 12.0. The molecule has 0 N–H and O–H groups in total. The van der Waals surface area contributed by atoms with Crippen molar-refractivity contribution < 1.29 is 4.79 Å². The molecule has 3 heterocycles. The Hall–Kier alpha value is -1.31. The Morgan fingerprint density at radius 1 is 1.20 bits per heavy atom. The molecule has 0 aromatic carbocycles. The van der Waals surface area contributed by atoms with E-state index < -0.39 is 0 Å². The molecular weight excluding hydrogens is 186 g/mol. The van der Waals surface area contributed by atoms with Crippen molar-refractivity contribution in [3.8, 4) is 0 Å². The number of carbonyl (C=O) groups is 1. The Morgan fingerprint density at radius 3 is 2.47 bits per heavy atom. The summed E-state index contributed by atoms with van der Waals surface area (Å²) in [7, 11) is 0. The zero-order valence-corrected chi connectivity index (χ0v) is 8.73. The second-order valence-electron chi connectivity index (χ2n) is 4.52. The van der Waals surface area contributed by atoms with Crippen molar-refractivity contribution in [2.24, 2.45) is 11.8 Å². The molecule has 15 heavy (non-hydrogen) atoms. The van der Waals surface area contributed by atoms with E-state index in [0.29, 0.717) is 17.6 Å². The average molecular weight is 201 g/mol. The molecule has 3 saturated heterocycles. The Kier molecular flexibility index (Phi) is 2.01. The van der Waals surface area contributed by atoms with Crippen molar-refractivity contribution in [2.75, 3.05) is 13.1 Å². The number of rotatable bonds is 1. The largest absolute Gasteiger partial charge is 0.369 e. The van der Waals surface area contributed by atoms with E-state index in [1.807, 2.05) is 12.2 Å². The summed E-state index contributed by atoms with van der Waals surface area (Å²) in [5.74, 6) is 1.03. The summed E-state index contributed by atoms with van der Waals surface area (Å²) in [4.78, 5) is 14.3. The zero-order chi connectivity index (χ0) is 10.3. The highest BCUT2D eigenvalue weighted by Crippen LogP contribution is 2.32. The van der Waals surface area contributed by atoms with E-state index >= 15 is 0 Å². The highest BCUT2D eigenvalue weighted by molar-refractivity contribution is 5.98. The number of fused-ring (bicyclic) bond motifs is 3. The summed E-state index contributed by atoms with van der Waals surface area (Å²) >= 11 is 0. The predicted molar refractivity (Wildman–Crippen MR) is 59.2 cm³/mol. The molecule has 0 radical (unpaired) electrons. The van der Waals surface area contributed by atoms with E-state index in [1.165, 1.54) is 0 Å². The first-order chi connectivity index (χ1) is 7.34. The van der Waals surface area contributed by atoms with Gasteiger partial charge < -0.3 is 4.90 Å². The zero-order valence-electron chi connectivity index (χ0n) is 8.73. The summed E-state index contributed by atoms with van der Waals surface area (Å²) in [6.07, 6.45) is 12.6. The lowest BCUT2D eigenvalue weighted by atomic mass is 9.84. The molecule has 2 nitrogen and oxygen atoms in total. The van der Waals surface area contributed by atoms with Crippen LogP contribution in [0.15, 0.2) is 36.1 Å². The predicted octanol–water partition coefficient (Wildman–Crippen LogP) is 1.91. The number of nitrogens with zero attached hydrogens (tertiary/aromatic N) is 1. The van der Waals surface area contributed by atoms with Crippen molar-refractivity contribution in [3.05, 3.63) is 36.1 Å². The van der Waals surface area contributed by atoms with E-state index in [4.69, 9.17) is 0 Å². The third-order valence-corrected chi connectivity index (χ3v) is 3.59.